The lowest BCUT2D eigenvalue weighted by Gasteiger charge is -2.34. The van der Waals surface area contributed by atoms with E-state index < -0.39 is 0 Å². The molecule has 2 rings (SSSR count). The van der Waals surface area contributed by atoms with Crippen molar-refractivity contribution in [2.45, 2.75) is 71.3 Å². The van der Waals surface area contributed by atoms with Crippen molar-refractivity contribution in [3.05, 3.63) is 0 Å². The predicted octanol–water partition coefficient (Wildman–Crippen LogP) is 3.67. The summed E-state index contributed by atoms with van der Waals surface area (Å²) in [6, 6.07) is 0.921. The minimum Gasteiger partial charge on any atom is -0.316 e. The lowest BCUT2D eigenvalue weighted by molar-refractivity contribution is 0.156. The number of rotatable bonds is 7. The van der Waals surface area contributed by atoms with Crippen LogP contribution in [0.2, 0.25) is 0 Å². The van der Waals surface area contributed by atoms with Crippen LogP contribution in [0.25, 0.3) is 0 Å². The monoisotopic (exact) mass is 266 g/mol. The van der Waals surface area contributed by atoms with Crippen LogP contribution in [-0.2, 0) is 0 Å². The Morgan fingerprint density at radius 3 is 2.42 bits per heavy atom. The molecule has 112 valence electrons. The van der Waals surface area contributed by atoms with Crippen LogP contribution in [0.4, 0.5) is 0 Å². The maximum Gasteiger partial charge on any atom is 0.00955 e. The second kappa shape index (κ2) is 8.26. The fourth-order valence-corrected chi connectivity index (χ4v) is 4.05. The van der Waals surface area contributed by atoms with Gasteiger partial charge in [-0.25, -0.2) is 0 Å². The number of likely N-dealkylation sites (tertiary alicyclic amines) is 1. The van der Waals surface area contributed by atoms with Crippen LogP contribution in [0.3, 0.4) is 0 Å². The van der Waals surface area contributed by atoms with E-state index in [1.54, 1.807) is 0 Å². The molecule has 1 unspecified atom stereocenters. The highest BCUT2D eigenvalue weighted by atomic mass is 15.2. The first-order valence-electron chi connectivity index (χ1n) is 8.78. The highest BCUT2D eigenvalue weighted by Gasteiger charge is 2.30. The van der Waals surface area contributed by atoms with Crippen molar-refractivity contribution in [3.8, 4) is 0 Å². The predicted molar refractivity (Wildman–Crippen MR) is 83.5 cm³/mol. The summed E-state index contributed by atoms with van der Waals surface area (Å²) >= 11 is 0. The molecule has 2 aliphatic rings. The summed E-state index contributed by atoms with van der Waals surface area (Å²) in [5.41, 5.74) is 0. The fraction of sp³-hybridized carbons (Fsp3) is 1.00. The molecule has 1 aliphatic carbocycles. The molecule has 0 bridgehead atoms. The van der Waals surface area contributed by atoms with Gasteiger partial charge < -0.3 is 10.2 Å². The molecule has 1 heterocycles. The minimum atomic E-state index is 0.917. The molecule has 19 heavy (non-hydrogen) atoms. The van der Waals surface area contributed by atoms with Gasteiger partial charge in [-0.2, -0.15) is 0 Å². The summed E-state index contributed by atoms with van der Waals surface area (Å²) in [5, 5.41) is 3.60. The quantitative estimate of drug-likeness (QED) is 0.707. The molecule has 1 N–H and O–H groups in total. The van der Waals surface area contributed by atoms with Crippen molar-refractivity contribution in [2.24, 2.45) is 11.8 Å². The average molecular weight is 266 g/mol. The molecule has 1 atom stereocenters. The summed E-state index contributed by atoms with van der Waals surface area (Å²) in [6.07, 6.45) is 11.5. The molecule has 1 saturated heterocycles. The van der Waals surface area contributed by atoms with Crippen LogP contribution in [-0.4, -0.2) is 37.1 Å². The second-order valence-corrected chi connectivity index (χ2v) is 6.82. The molecule has 0 aromatic rings. The van der Waals surface area contributed by atoms with E-state index in [4.69, 9.17) is 0 Å². The van der Waals surface area contributed by atoms with E-state index in [0.29, 0.717) is 0 Å². The Labute approximate surface area is 120 Å². The van der Waals surface area contributed by atoms with Crippen LogP contribution < -0.4 is 5.32 Å². The van der Waals surface area contributed by atoms with E-state index in [0.717, 1.165) is 17.9 Å². The molecule has 2 heteroatoms. The highest BCUT2D eigenvalue weighted by molar-refractivity contribution is 4.85. The van der Waals surface area contributed by atoms with Gasteiger partial charge in [-0.1, -0.05) is 26.7 Å². The van der Waals surface area contributed by atoms with E-state index in [1.807, 2.05) is 0 Å². The van der Waals surface area contributed by atoms with Gasteiger partial charge in [0.25, 0.3) is 0 Å². The van der Waals surface area contributed by atoms with Gasteiger partial charge in [-0.05, 0) is 70.0 Å². The molecular weight excluding hydrogens is 232 g/mol. The van der Waals surface area contributed by atoms with Gasteiger partial charge in [0.1, 0.15) is 0 Å². The Morgan fingerprint density at radius 2 is 1.74 bits per heavy atom. The third kappa shape index (κ3) is 4.75. The molecule has 2 nitrogen and oxygen atoms in total. The summed E-state index contributed by atoms with van der Waals surface area (Å²) in [4.78, 5) is 2.81. The second-order valence-electron chi connectivity index (χ2n) is 6.82. The zero-order valence-electron chi connectivity index (χ0n) is 13.2. The third-order valence-corrected chi connectivity index (χ3v) is 5.21. The Morgan fingerprint density at radius 1 is 0.947 bits per heavy atom. The summed E-state index contributed by atoms with van der Waals surface area (Å²) < 4.78 is 0. The normalized spacial score (nSPS) is 32.8. The smallest absolute Gasteiger partial charge is 0.00955 e. The van der Waals surface area contributed by atoms with Gasteiger partial charge >= 0.3 is 0 Å². The Kier molecular flexibility index (Phi) is 6.66. The molecule has 1 saturated carbocycles. The van der Waals surface area contributed by atoms with Gasteiger partial charge in [-0.15, -0.1) is 0 Å². The van der Waals surface area contributed by atoms with Gasteiger partial charge in [0.2, 0.25) is 0 Å². The highest BCUT2D eigenvalue weighted by Crippen LogP contribution is 2.32. The van der Waals surface area contributed by atoms with E-state index in [-0.39, 0.29) is 0 Å². The summed E-state index contributed by atoms with van der Waals surface area (Å²) in [7, 11) is 0. The fourth-order valence-electron chi connectivity index (χ4n) is 4.05. The first kappa shape index (κ1) is 15.3. The van der Waals surface area contributed by atoms with E-state index in [9.17, 15) is 0 Å². The van der Waals surface area contributed by atoms with Crippen molar-refractivity contribution >= 4 is 0 Å². The van der Waals surface area contributed by atoms with E-state index in [1.165, 1.54) is 77.5 Å². The molecule has 0 aromatic carbocycles. The van der Waals surface area contributed by atoms with Crippen molar-refractivity contribution in [1.29, 1.82) is 0 Å². The van der Waals surface area contributed by atoms with Crippen molar-refractivity contribution in [2.75, 3.05) is 26.2 Å². The van der Waals surface area contributed by atoms with Gasteiger partial charge in [0.15, 0.2) is 0 Å². The van der Waals surface area contributed by atoms with Crippen LogP contribution >= 0.6 is 0 Å². The van der Waals surface area contributed by atoms with Gasteiger partial charge in [0.05, 0.1) is 0 Å². The molecule has 0 amide bonds. The molecular formula is C17H34N2. The number of hydrogen-bond donors (Lipinski definition) is 1. The summed E-state index contributed by atoms with van der Waals surface area (Å²) in [6.45, 7) is 9.75. The van der Waals surface area contributed by atoms with Crippen molar-refractivity contribution in [1.82, 2.24) is 10.2 Å². The van der Waals surface area contributed by atoms with Crippen LogP contribution in [0.1, 0.15) is 65.2 Å². The van der Waals surface area contributed by atoms with Gasteiger partial charge in [0, 0.05) is 12.6 Å². The SMILES string of the molecule is CCCNCC1CCN(C2CCC(CCC)CC2)C1. The molecule has 1 aliphatic heterocycles. The zero-order valence-corrected chi connectivity index (χ0v) is 13.2. The molecule has 0 radical (unpaired) electrons. The summed E-state index contributed by atoms with van der Waals surface area (Å²) in [5.74, 6) is 1.96. The van der Waals surface area contributed by atoms with Gasteiger partial charge in [-0.3, -0.25) is 0 Å². The standard InChI is InChI=1S/C17H34N2/c1-3-5-15-6-8-17(9-7-15)19-12-10-16(14-19)13-18-11-4-2/h15-18H,3-14H2,1-2H3. The number of nitrogens with one attached hydrogen (secondary N) is 1. The Bertz CT molecular complexity index is 233. The average Bonchev–Trinajstić information content (AvgIpc) is 2.89. The maximum atomic E-state index is 3.60. The Hall–Kier alpha value is -0.0800. The van der Waals surface area contributed by atoms with Crippen molar-refractivity contribution < 1.29 is 0 Å². The van der Waals surface area contributed by atoms with Crippen molar-refractivity contribution in [3.63, 3.8) is 0 Å². The Balaban J connectivity index is 1.64. The minimum absolute atomic E-state index is 0.917. The van der Waals surface area contributed by atoms with Crippen LogP contribution in [0.5, 0.6) is 0 Å². The zero-order chi connectivity index (χ0) is 13.5. The van der Waals surface area contributed by atoms with Crippen LogP contribution in [0, 0.1) is 11.8 Å². The molecule has 0 spiro atoms. The molecule has 2 fully saturated rings. The topological polar surface area (TPSA) is 15.3 Å². The molecule has 0 aromatic heterocycles. The maximum absolute atomic E-state index is 3.60. The first-order valence-corrected chi connectivity index (χ1v) is 8.78. The lowest BCUT2D eigenvalue weighted by atomic mass is 9.83. The largest absolute Gasteiger partial charge is 0.316 e. The first-order chi connectivity index (χ1) is 9.33. The van der Waals surface area contributed by atoms with E-state index >= 15 is 0 Å². The number of nitrogens with zero attached hydrogens (tertiary/aromatic N) is 1. The lowest BCUT2D eigenvalue weighted by Crippen LogP contribution is -2.37. The van der Waals surface area contributed by atoms with Crippen LogP contribution in [0.15, 0.2) is 0 Å². The number of hydrogen-bond acceptors (Lipinski definition) is 2. The van der Waals surface area contributed by atoms with E-state index in [2.05, 4.69) is 24.1 Å². The third-order valence-electron chi connectivity index (χ3n) is 5.21.